The second-order valence-electron chi connectivity index (χ2n) is 8.17. The number of para-hydroxylation sites is 1. The van der Waals surface area contributed by atoms with Crippen LogP contribution in [0.3, 0.4) is 0 Å². The van der Waals surface area contributed by atoms with Crippen molar-refractivity contribution in [2.45, 2.75) is 40.2 Å². The quantitative estimate of drug-likeness (QED) is 0.339. The van der Waals surface area contributed by atoms with Gasteiger partial charge in [0.1, 0.15) is 0 Å². The van der Waals surface area contributed by atoms with Crippen molar-refractivity contribution in [1.29, 1.82) is 0 Å². The van der Waals surface area contributed by atoms with Gasteiger partial charge in [0.25, 0.3) is 0 Å². The van der Waals surface area contributed by atoms with Crippen LogP contribution in [-0.2, 0) is 25.7 Å². The van der Waals surface area contributed by atoms with Crippen LogP contribution < -0.4 is 10.3 Å². The summed E-state index contributed by atoms with van der Waals surface area (Å²) < 4.78 is 7.13. The van der Waals surface area contributed by atoms with Gasteiger partial charge >= 0.3 is 5.97 Å². The maximum absolute atomic E-state index is 12.7. The summed E-state index contributed by atoms with van der Waals surface area (Å²) in [5.41, 5.74) is 6.00. The molecule has 4 rings (SSSR count). The molecule has 1 saturated heterocycles. The van der Waals surface area contributed by atoms with Crippen molar-refractivity contribution in [3.8, 4) is 0 Å². The molecule has 2 aromatic carbocycles. The number of fused-ring (bicyclic) bond motifs is 3. The number of hydrogen-bond donors (Lipinski definition) is 1. The van der Waals surface area contributed by atoms with Crippen LogP contribution in [0.5, 0.6) is 0 Å². The largest absolute Gasteiger partial charge is 0.466 e. The van der Waals surface area contributed by atoms with Crippen LogP contribution in [-0.4, -0.2) is 41.2 Å². The van der Waals surface area contributed by atoms with Gasteiger partial charge in [0.2, 0.25) is 11.8 Å². The highest BCUT2D eigenvalue weighted by atomic mass is 16.5. The average Bonchev–Trinajstić information content (AvgIpc) is 3.35. The SMILES string of the molecule is CCOC(=O)CC(C)=NNC(=O)C1CC(=O)N(c2ccc3c(c2)c2ccccc2n3CC)C1. The third-order valence-corrected chi connectivity index (χ3v) is 5.94. The maximum Gasteiger partial charge on any atom is 0.311 e. The zero-order valence-electron chi connectivity index (χ0n) is 19.1. The molecular formula is C25H28N4O4. The Kier molecular flexibility index (Phi) is 6.44. The molecule has 3 aromatic rings. The summed E-state index contributed by atoms with van der Waals surface area (Å²) in [5, 5.41) is 6.21. The van der Waals surface area contributed by atoms with Gasteiger partial charge in [0.05, 0.1) is 18.9 Å². The smallest absolute Gasteiger partial charge is 0.311 e. The number of amides is 2. The molecule has 0 radical (unpaired) electrons. The zero-order valence-corrected chi connectivity index (χ0v) is 19.1. The first-order chi connectivity index (χ1) is 15.9. The summed E-state index contributed by atoms with van der Waals surface area (Å²) in [6, 6.07) is 14.2. The van der Waals surface area contributed by atoms with Gasteiger partial charge in [0.15, 0.2) is 0 Å². The molecule has 33 heavy (non-hydrogen) atoms. The number of hydrogen-bond acceptors (Lipinski definition) is 5. The lowest BCUT2D eigenvalue weighted by atomic mass is 10.1. The van der Waals surface area contributed by atoms with Gasteiger partial charge in [-0.1, -0.05) is 18.2 Å². The molecule has 0 saturated carbocycles. The normalized spacial score (nSPS) is 16.6. The molecule has 1 atom stereocenters. The Bertz CT molecular complexity index is 1260. The molecule has 8 heteroatoms. The van der Waals surface area contributed by atoms with Gasteiger partial charge in [-0.25, -0.2) is 5.43 Å². The van der Waals surface area contributed by atoms with E-state index in [2.05, 4.69) is 34.2 Å². The van der Waals surface area contributed by atoms with Gasteiger partial charge in [-0.15, -0.1) is 0 Å². The van der Waals surface area contributed by atoms with Crippen molar-refractivity contribution in [1.82, 2.24) is 9.99 Å². The summed E-state index contributed by atoms with van der Waals surface area (Å²) in [5.74, 6) is -1.34. The summed E-state index contributed by atoms with van der Waals surface area (Å²) in [4.78, 5) is 38.5. The molecule has 2 heterocycles. The number of anilines is 1. The van der Waals surface area contributed by atoms with E-state index in [1.807, 2.05) is 30.3 Å². The molecule has 0 bridgehead atoms. The van der Waals surface area contributed by atoms with Crippen molar-refractivity contribution in [3.63, 3.8) is 0 Å². The van der Waals surface area contributed by atoms with Crippen LogP contribution in [0.2, 0.25) is 0 Å². The fourth-order valence-electron chi connectivity index (χ4n) is 4.39. The summed E-state index contributed by atoms with van der Waals surface area (Å²) in [6.07, 6.45) is 0.127. The Morgan fingerprint density at radius 1 is 1.12 bits per heavy atom. The Balaban J connectivity index is 1.51. The van der Waals surface area contributed by atoms with Crippen LogP contribution in [0.25, 0.3) is 21.8 Å². The monoisotopic (exact) mass is 448 g/mol. The number of aromatic nitrogens is 1. The molecular weight excluding hydrogens is 420 g/mol. The fraction of sp³-hybridized carbons (Fsp3) is 0.360. The standard InChI is InChI=1S/C25H28N4O4/c1-4-28-21-9-7-6-8-19(21)20-14-18(10-11-22(20)28)29-15-17(13-23(29)30)25(32)27-26-16(3)12-24(31)33-5-2/h6-11,14,17H,4-5,12-13,15H2,1-3H3,(H,27,32). The van der Waals surface area contributed by atoms with Gasteiger partial charge in [-0.3, -0.25) is 14.4 Å². The first-order valence-electron chi connectivity index (χ1n) is 11.2. The number of nitrogens with zero attached hydrogens (tertiary/aromatic N) is 3. The Labute approximate surface area is 192 Å². The number of nitrogens with one attached hydrogen (secondary N) is 1. The van der Waals surface area contributed by atoms with Crippen LogP contribution in [0.4, 0.5) is 5.69 Å². The van der Waals surface area contributed by atoms with Gasteiger partial charge in [-0.2, -0.15) is 5.10 Å². The molecule has 0 spiro atoms. The van der Waals surface area contributed by atoms with Gasteiger partial charge < -0.3 is 14.2 Å². The number of esters is 1. The molecule has 1 unspecified atom stereocenters. The summed E-state index contributed by atoms with van der Waals surface area (Å²) in [7, 11) is 0. The summed E-state index contributed by atoms with van der Waals surface area (Å²) >= 11 is 0. The van der Waals surface area contributed by atoms with Crippen molar-refractivity contribution in [2.75, 3.05) is 18.1 Å². The van der Waals surface area contributed by atoms with E-state index in [4.69, 9.17) is 4.74 Å². The number of carbonyl (C=O) groups excluding carboxylic acids is 3. The van der Waals surface area contributed by atoms with Crippen LogP contribution in [0.1, 0.15) is 33.6 Å². The van der Waals surface area contributed by atoms with Crippen molar-refractivity contribution >= 4 is 51.0 Å². The molecule has 0 aliphatic carbocycles. The number of ether oxygens (including phenoxy) is 1. The number of rotatable bonds is 7. The van der Waals surface area contributed by atoms with E-state index in [0.29, 0.717) is 12.3 Å². The maximum atomic E-state index is 12.7. The molecule has 1 N–H and O–H groups in total. The molecule has 172 valence electrons. The molecule has 1 aliphatic rings. The first-order valence-corrected chi connectivity index (χ1v) is 11.2. The minimum absolute atomic E-state index is 0.00915. The Morgan fingerprint density at radius 2 is 1.88 bits per heavy atom. The lowest BCUT2D eigenvalue weighted by Gasteiger charge is -2.17. The lowest BCUT2D eigenvalue weighted by molar-refractivity contribution is -0.141. The van der Waals surface area contributed by atoms with E-state index in [9.17, 15) is 14.4 Å². The van der Waals surface area contributed by atoms with Crippen LogP contribution in [0, 0.1) is 5.92 Å². The fourth-order valence-corrected chi connectivity index (χ4v) is 4.39. The third-order valence-electron chi connectivity index (χ3n) is 5.94. The summed E-state index contributed by atoms with van der Waals surface area (Å²) in [6.45, 7) is 6.92. The highest BCUT2D eigenvalue weighted by Crippen LogP contribution is 2.34. The molecule has 1 aliphatic heterocycles. The number of aryl methyl sites for hydroxylation is 1. The predicted molar refractivity (Wildman–Crippen MR) is 128 cm³/mol. The number of benzene rings is 2. The second-order valence-corrected chi connectivity index (χ2v) is 8.17. The highest BCUT2D eigenvalue weighted by molar-refractivity contribution is 6.10. The average molecular weight is 449 g/mol. The van der Waals surface area contributed by atoms with Crippen LogP contribution >= 0.6 is 0 Å². The third kappa shape index (κ3) is 4.46. The van der Waals surface area contributed by atoms with E-state index in [1.165, 1.54) is 0 Å². The van der Waals surface area contributed by atoms with E-state index in [0.717, 1.165) is 34.0 Å². The molecule has 1 fully saturated rings. The van der Waals surface area contributed by atoms with Crippen LogP contribution in [0.15, 0.2) is 47.6 Å². The predicted octanol–water partition coefficient (Wildman–Crippen LogP) is 3.61. The molecule has 1 aromatic heterocycles. The van der Waals surface area contributed by atoms with E-state index >= 15 is 0 Å². The first kappa shape index (κ1) is 22.5. The number of hydrazone groups is 1. The van der Waals surface area contributed by atoms with Gasteiger partial charge in [0, 0.05) is 52.7 Å². The minimum Gasteiger partial charge on any atom is -0.466 e. The van der Waals surface area contributed by atoms with E-state index in [-0.39, 0.29) is 31.2 Å². The van der Waals surface area contributed by atoms with Crippen molar-refractivity contribution in [3.05, 3.63) is 42.5 Å². The Hall–Kier alpha value is -3.68. The topological polar surface area (TPSA) is 93.0 Å². The Morgan fingerprint density at radius 3 is 2.64 bits per heavy atom. The molecule has 8 nitrogen and oxygen atoms in total. The highest BCUT2D eigenvalue weighted by Gasteiger charge is 2.35. The number of carbonyl (C=O) groups is 3. The second kappa shape index (κ2) is 9.44. The molecule has 2 amide bonds. The van der Waals surface area contributed by atoms with Crippen molar-refractivity contribution in [2.24, 2.45) is 11.0 Å². The minimum atomic E-state index is -0.510. The van der Waals surface area contributed by atoms with Gasteiger partial charge in [-0.05, 0) is 45.0 Å². The van der Waals surface area contributed by atoms with E-state index in [1.54, 1.807) is 18.7 Å². The van der Waals surface area contributed by atoms with Crippen molar-refractivity contribution < 1.29 is 19.1 Å². The van der Waals surface area contributed by atoms with E-state index < -0.39 is 11.9 Å². The zero-order chi connectivity index (χ0) is 23.5. The lowest BCUT2D eigenvalue weighted by Crippen LogP contribution is -2.31.